The second-order valence-corrected chi connectivity index (χ2v) is 10.2. The van der Waals surface area contributed by atoms with Crippen LogP contribution in [0.25, 0.3) is 10.9 Å². The second kappa shape index (κ2) is 11.0. The Hall–Kier alpha value is -4.31. The molecule has 194 valence electrons. The zero-order chi connectivity index (χ0) is 26.6. The number of nitrogens with zero attached hydrogens (tertiary/aromatic N) is 3. The number of anilines is 1. The van der Waals surface area contributed by atoms with E-state index in [0.29, 0.717) is 5.56 Å². The fraction of sp³-hybridized carbons (Fsp3) is 0.250. The third kappa shape index (κ3) is 5.21. The smallest absolute Gasteiger partial charge is 0.270 e. The van der Waals surface area contributed by atoms with E-state index in [0.717, 1.165) is 53.7 Å². The fourth-order valence-corrected chi connectivity index (χ4v) is 5.67. The zero-order valence-electron chi connectivity index (χ0n) is 20.7. The lowest BCUT2D eigenvalue weighted by molar-refractivity contribution is -0.126. The molecule has 1 saturated carbocycles. The summed E-state index contributed by atoms with van der Waals surface area (Å²) in [5, 5.41) is 4.02. The standard InChI is InChI=1S/C28H28N6O3S/c29-22-23(26(30)35)33-38-25(22)28(37)34(16-17-7-2-1-3-8-17)24(27(36)32-20-10-4-5-11-20)19-12-13-21-18(15-19)9-6-14-31-21/h1-3,6-9,12-15,20,24H,4-5,10-11,16,29H2,(H2,30,35)(H,32,36)/t24-/m0/s1. The van der Waals surface area contributed by atoms with E-state index in [4.69, 9.17) is 11.5 Å². The van der Waals surface area contributed by atoms with Gasteiger partial charge in [0.15, 0.2) is 5.69 Å². The van der Waals surface area contributed by atoms with Crippen molar-refractivity contribution in [3.05, 3.63) is 88.6 Å². The van der Waals surface area contributed by atoms with Crippen molar-refractivity contribution < 1.29 is 14.4 Å². The van der Waals surface area contributed by atoms with Crippen LogP contribution < -0.4 is 16.8 Å². The molecule has 1 fully saturated rings. The van der Waals surface area contributed by atoms with Gasteiger partial charge in [-0.1, -0.05) is 55.3 Å². The van der Waals surface area contributed by atoms with Crippen LogP contribution in [-0.4, -0.2) is 38.0 Å². The third-order valence-corrected chi connectivity index (χ3v) is 7.67. The van der Waals surface area contributed by atoms with Crippen molar-refractivity contribution in [1.29, 1.82) is 0 Å². The van der Waals surface area contributed by atoms with Crippen molar-refractivity contribution >= 4 is 45.8 Å². The number of hydrogen-bond acceptors (Lipinski definition) is 7. The van der Waals surface area contributed by atoms with Crippen LogP contribution >= 0.6 is 11.5 Å². The highest BCUT2D eigenvalue weighted by atomic mass is 32.1. The number of amides is 3. The average Bonchev–Trinajstić information content (AvgIpc) is 3.58. The van der Waals surface area contributed by atoms with Gasteiger partial charge in [0.2, 0.25) is 5.91 Å². The minimum atomic E-state index is -0.966. The summed E-state index contributed by atoms with van der Waals surface area (Å²) < 4.78 is 4.01. The van der Waals surface area contributed by atoms with Crippen LogP contribution in [0.4, 0.5) is 5.69 Å². The van der Waals surface area contributed by atoms with Gasteiger partial charge in [0.25, 0.3) is 11.8 Å². The first-order valence-corrected chi connectivity index (χ1v) is 13.2. The Morgan fingerprint density at radius 2 is 1.82 bits per heavy atom. The quantitative estimate of drug-likeness (QED) is 0.317. The number of primary amides is 1. The van der Waals surface area contributed by atoms with E-state index in [9.17, 15) is 14.4 Å². The maximum absolute atomic E-state index is 14.1. The molecule has 0 aliphatic heterocycles. The van der Waals surface area contributed by atoms with Crippen molar-refractivity contribution in [3.63, 3.8) is 0 Å². The van der Waals surface area contributed by atoms with E-state index in [1.54, 1.807) is 6.20 Å². The zero-order valence-corrected chi connectivity index (χ0v) is 21.5. The van der Waals surface area contributed by atoms with E-state index < -0.39 is 17.9 Å². The van der Waals surface area contributed by atoms with Gasteiger partial charge in [-0.3, -0.25) is 19.4 Å². The number of nitrogens with one attached hydrogen (secondary N) is 1. The highest BCUT2D eigenvalue weighted by Crippen LogP contribution is 2.32. The summed E-state index contributed by atoms with van der Waals surface area (Å²) in [6, 6.07) is 17.8. The highest BCUT2D eigenvalue weighted by molar-refractivity contribution is 7.09. The number of rotatable bonds is 8. The topological polar surface area (TPSA) is 144 Å². The molecular weight excluding hydrogens is 500 g/mol. The predicted molar refractivity (Wildman–Crippen MR) is 146 cm³/mol. The van der Waals surface area contributed by atoms with Crippen LogP contribution in [0, 0.1) is 0 Å². The molecular formula is C28H28N6O3S. The molecule has 1 aliphatic rings. The number of benzene rings is 2. The van der Waals surface area contributed by atoms with Gasteiger partial charge in [-0.05, 0) is 53.7 Å². The normalized spacial score (nSPS) is 14.3. The Kier molecular flexibility index (Phi) is 7.32. The number of pyridine rings is 1. The number of hydrogen-bond donors (Lipinski definition) is 3. The molecule has 2 aromatic carbocycles. The summed E-state index contributed by atoms with van der Waals surface area (Å²) in [4.78, 5) is 45.8. The van der Waals surface area contributed by atoms with Gasteiger partial charge < -0.3 is 21.7 Å². The van der Waals surface area contributed by atoms with Crippen LogP contribution in [0.3, 0.4) is 0 Å². The minimum absolute atomic E-state index is 0.0516. The Morgan fingerprint density at radius 3 is 2.53 bits per heavy atom. The van der Waals surface area contributed by atoms with E-state index >= 15 is 0 Å². The molecule has 0 radical (unpaired) electrons. The maximum atomic E-state index is 14.1. The highest BCUT2D eigenvalue weighted by Gasteiger charge is 2.36. The summed E-state index contributed by atoms with van der Waals surface area (Å²) in [6.45, 7) is 0.136. The molecule has 1 atom stereocenters. The summed E-state index contributed by atoms with van der Waals surface area (Å²) in [7, 11) is 0. The Balaban J connectivity index is 1.62. The lowest BCUT2D eigenvalue weighted by Gasteiger charge is -2.32. The van der Waals surface area contributed by atoms with Gasteiger partial charge in [-0.15, -0.1) is 0 Å². The van der Waals surface area contributed by atoms with Crippen molar-refractivity contribution in [2.75, 3.05) is 5.73 Å². The Morgan fingerprint density at radius 1 is 1.05 bits per heavy atom. The molecule has 2 heterocycles. The lowest BCUT2D eigenvalue weighted by atomic mass is 10.00. The molecule has 0 spiro atoms. The van der Waals surface area contributed by atoms with Gasteiger partial charge in [-0.25, -0.2) is 0 Å². The van der Waals surface area contributed by atoms with Crippen molar-refractivity contribution in [1.82, 2.24) is 19.6 Å². The molecule has 1 aliphatic carbocycles. The third-order valence-electron chi connectivity index (χ3n) is 6.82. The van der Waals surface area contributed by atoms with Gasteiger partial charge >= 0.3 is 0 Å². The molecule has 5 rings (SSSR count). The Labute approximate surface area is 224 Å². The molecule has 9 nitrogen and oxygen atoms in total. The molecule has 0 bridgehead atoms. The largest absolute Gasteiger partial charge is 0.395 e. The SMILES string of the molecule is NC(=O)c1nsc(C(=O)N(Cc2ccccc2)[C@H](C(=O)NC2CCCC2)c2ccc3ncccc3c2)c1N. The lowest BCUT2D eigenvalue weighted by Crippen LogP contribution is -2.45. The Bertz CT molecular complexity index is 1480. The molecule has 38 heavy (non-hydrogen) atoms. The number of nitrogen functional groups attached to an aromatic ring is 1. The minimum Gasteiger partial charge on any atom is -0.395 e. The second-order valence-electron chi connectivity index (χ2n) is 9.40. The van der Waals surface area contributed by atoms with Gasteiger partial charge in [-0.2, -0.15) is 4.37 Å². The fourth-order valence-electron chi connectivity index (χ4n) is 4.91. The van der Waals surface area contributed by atoms with Crippen molar-refractivity contribution in [2.24, 2.45) is 5.73 Å². The molecule has 0 saturated heterocycles. The predicted octanol–water partition coefficient (Wildman–Crippen LogP) is 3.81. The van der Waals surface area contributed by atoms with Crippen LogP contribution in [-0.2, 0) is 11.3 Å². The van der Waals surface area contributed by atoms with Crippen LogP contribution in [0.5, 0.6) is 0 Å². The first-order chi connectivity index (χ1) is 18.4. The number of fused-ring (bicyclic) bond motifs is 1. The van der Waals surface area contributed by atoms with Crippen molar-refractivity contribution in [2.45, 2.75) is 44.3 Å². The number of carbonyl (C=O) groups is 3. The van der Waals surface area contributed by atoms with Gasteiger partial charge in [0.05, 0.1) is 11.2 Å². The molecule has 4 aromatic rings. The molecule has 5 N–H and O–H groups in total. The van der Waals surface area contributed by atoms with Gasteiger partial charge in [0, 0.05) is 24.2 Å². The van der Waals surface area contributed by atoms with Crippen LogP contribution in [0.1, 0.15) is 63.0 Å². The van der Waals surface area contributed by atoms with E-state index in [2.05, 4.69) is 14.7 Å². The number of aromatic nitrogens is 2. The summed E-state index contributed by atoms with van der Waals surface area (Å²) in [5.41, 5.74) is 13.6. The maximum Gasteiger partial charge on any atom is 0.270 e. The number of nitrogens with two attached hydrogens (primary N) is 2. The summed E-state index contributed by atoms with van der Waals surface area (Å²) in [6.07, 6.45) is 5.61. The summed E-state index contributed by atoms with van der Waals surface area (Å²) >= 11 is 0.803. The molecule has 2 aromatic heterocycles. The van der Waals surface area contributed by atoms with E-state index in [-0.39, 0.29) is 34.8 Å². The molecule has 10 heteroatoms. The van der Waals surface area contributed by atoms with Gasteiger partial charge in [0.1, 0.15) is 10.9 Å². The summed E-state index contributed by atoms with van der Waals surface area (Å²) in [5.74, 6) is -1.60. The monoisotopic (exact) mass is 528 g/mol. The average molecular weight is 529 g/mol. The first kappa shape index (κ1) is 25.3. The molecule has 3 amide bonds. The van der Waals surface area contributed by atoms with Crippen LogP contribution in [0.15, 0.2) is 66.9 Å². The van der Waals surface area contributed by atoms with Crippen LogP contribution in [0.2, 0.25) is 0 Å². The van der Waals surface area contributed by atoms with Crippen molar-refractivity contribution in [3.8, 4) is 0 Å². The van der Waals surface area contributed by atoms with E-state index in [1.165, 1.54) is 4.90 Å². The number of carbonyl (C=O) groups excluding carboxylic acids is 3. The molecule has 0 unspecified atom stereocenters. The van der Waals surface area contributed by atoms with E-state index in [1.807, 2.05) is 60.7 Å². The first-order valence-electron chi connectivity index (χ1n) is 12.5.